The monoisotopic (exact) mass is 253 g/mol. The zero-order valence-electron chi connectivity index (χ0n) is 9.88. The fourth-order valence-electron chi connectivity index (χ4n) is 1.67. The van der Waals surface area contributed by atoms with Gasteiger partial charge in [0.25, 0.3) is 0 Å². The van der Waals surface area contributed by atoms with Gasteiger partial charge in [0.1, 0.15) is 5.82 Å². The molecule has 5 heteroatoms. The number of benzene rings is 1. The van der Waals surface area contributed by atoms with Crippen molar-refractivity contribution in [2.75, 3.05) is 5.32 Å². The normalized spacial score (nSPS) is 10.6. The molecular weight excluding hydrogens is 241 g/mol. The number of hydrogen-bond donors (Lipinski definition) is 1. The smallest absolute Gasteiger partial charge is 0.141 e. The predicted octanol–water partition coefficient (Wildman–Crippen LogP) is 3.57. The van der Waals surface area contributed by atoms with E-state index in [4.69, 9.17) is 11.6 Å². The molecule has 0 spiro atoms. The third kappa shape index (κ3) is 2.26. The third-order valence-electron chi connectivity index (χ3n) is 2.70. The average molecular weight is 254 g/mol. The summed E-state index contributed by atoms with van der Waals surface area (Å²) in [5, 5.41) is 7.59. The molecule has 2 rings (SSSR count). The Kier molecular flexibility index (Phi) is 3.07. The minimum Gasteiger partial charge on any atom is -0.352 e. The molecule has 2 aromatic rings. The molecule has 90 valence electrons. The van der Waals surface area contributed by atoms with Gasteiger partial charge in [-0.25, -0.2) is 4.39 Å². The molecule has 0 aliphatic rings. The molecule has 0 fully saturated rings. The first-order chi connectivity index (χ1) is 7.99. The Hall–Kier alpha value is -1.55. The van der Waals surface area contributed by atoms with Crippen molar-refractivity contribution in [1.82, 2.24) is 9.78 Å². The maximum atomic E-state index is 13.0. The highest BCUT2D eigenvalue weighted by atomic mass is 35.5. The van der Waals surface area contributed by atoms with E-state index in [-0.39, 0.29) is 5.02 Å². The molecule has 17 heavy (non-hydrogen) atoms. The first kappa shape index (κ1) is 11.9. The van der Waals surface area contributed by atoms with Crippen LogP contribution >= 0.6 is 11.6 Å². The van der Waals surface area contributed by atoms with E-state index in [1.165, 1.54) is 6.07 Å². The molecule has 0 amide bonds. The fourth-order valence-corrected chi connectivity index (χ4v) is 1.85. The first-order valence-electron chi connectivity index (χ1n) is 5.21. The maximum absolute atomic E-state index is 13.0. The number of aryl methyl sites for hydroxylation is 2. The van der Waals surface area contributed by atoms with Crippen LogP contribution in [0.4, 0.5) is 15.8 Å². The van der Waals surface area contributed by atoms with E-state index in [9.17, 15) is 4.39 Å². The molecule has 0 saturated carbocycles. The topological polar surface area (TPSA) is 29.9 Å². The number of anilines is 2. The molecule has 0 aliphatic carbocycles. The molecule has 1 aromatic heterocycles. The van der Waals surface area contributed by atoms with Crippen molar-refractivity contribution in [3.05, 3.63) is 40.4 Å². The Morgan fingerprint density at radius 1 is 1.35 bits per heavy atom. The summed E-state index contributed by atoms with van der Waals surface area (Å²) < 4.78 is 14.8. The molecule has 0 atom stereocenters. The standard InChI is InChI=1S/C12H13ClFN3/c1-7-12(8(2)17(3)16-7)15-9-4-5-11(14)10(13)6-9/h4-6,15H,1-3H3. The van der Waals surface area contributed by atoms with Gasteiger partial charge in [-0.1, -0.05) is 11.6 Å². The van der Waals surface area contributed by atoms with Crippen LogP contribution in [0.2, 0.25) is 5.02 Å². The zero-order chi connectivity index (χ0) is 12.6. The van der Waals surface area contributed by atoms with Crippen LogP contribution in [0.3, 0.4) is 0 Å². The second-order valence-corrected chi connectivity index (χ2v) is 4.33. The van der Waals surface area contributed by atoms with Crippen molar-refractivity contribution >= 4 is 23.0 Å². The summed E-state index contributed by atoms with van der Waals surface area (Å²) in [4.78, 5) is 0. The second-order valence-electron chi connectivity index (χ2n) is 3.92. The third-order valence-corrected chi connectivity index (χ3v) is 2.99. The van der Waals surface area contributed by atoms with Crippen LogP contribution in [0.15, 0.2) is 18.2 Å². The molecule has 0 unspecified atom stereocenters. The van der Waals surface area contributed by atoms with Crippen LogP contribution in [0, 0.1) is 19.7 Å². The number of nitrogens with zero attached hydrogens (tertiary/aromatic N) is 2. The average Bonchev–Trinajstić information content (AvgIpc) is 2.50. The SMILES string of the molecule is Cc1nn(C)c(C)c1Nc1ccc(F)c(Cl)c1. The van der Waals surface area contributed by atoms with Gasteiger partial charge in [0, 0.05) is 12.7 Å². The Labute approximate surface area is 104 Å². The summed E-state index contributed by atoms with van der Waals surface area (Å²) in [5.74, 6) is -0.420. The van der Waals surface area contributed by atoms with Gasteiger partial charge in [0.05, 0.1) is 22.1 Å². The van der Waals surface area contributed by atoms with E-state index in [1.807, 2.05) is 20.9 Å². The highest BCUT2D eigenvalue weighted by Crippen LogP contribution is 2.26. The van der Waals surface area contributed by atoms with Crippen molar-refractivity contribution in [3.8, 4) is 0 Å². The zero-order valence-corrected chi connectivity index (χ0v) is 10.6. The molecule has 0 bridgehead atoms. The summed E-state index contributed by atoms with van der Waals surface area (Å²) in [7, 11) is 1.88. The van der Waals surface area contributed by atoms with E-state index in [1.54, 1.807) is 16.8 Å². The van der Waals surface area contributed by atoms with E-state index in [0.717, 1.165) is 22.8 Å². The lowest BCUT2D eigenvalue weighted by atomic mass is 10.2. The molecular formula is C12H13ClFN3. The van der Waals surface area contributed by atoms with Crippen LogP contribution in [0.1, 0.15) is 11.4 Å². The highest BCUT2D eigenvalue weighted by Gasteiger charge is 2.10. The Balaban J connectivity index is 2.34. The minimum atomic E-state index is -0.420. The molecule has 1 aromatic carbocycles. The Morgan fingerprint density at radius 3 is 2.59 bits per heavy atom. The maximum Gasteiger partial charge on any atom is 0.141 e. The number of hydrogen-bond acceptors (Lipinski definition) is 2. The molecule has 1 heterocycles. The van der Waals surface area contributed by atoms with Gasteiger partial charge in [-0.05, 0) is 32.0 Å². The molecule has 0 saturated heterocycles. The van der Waals surface area contributed by atoms with Gasteiger partial charge in [-0.2, -0.15) is 5.10 Å². The van der Waals surface area contributed by atoms with Crippen molar-refractivity contribution in [2.45, 2.75) is 13.8 Å². The van der Waals surface area contributed by atoms with Crippen LogP contribution in [0.5, 0.6) is 0 Å². The van der Waals surface area contributed by atoms with E-state index in [2.05, 4.69) is 10.4 Å². The second kappa shape index (κ2) is 4.37. The van der Waals surface area contributed by atoms with Crippen LogP contribution in [-0.4, -0.2) is 9.78 Å². The summed E-state index contributed by atoms with van der Waals surface area (Å²) in [5.41, 5.74) is 3.58. The molecule has 0 aliphatic heterocycles. The van der Waals surface area contributed by atoms with Crippen molar-refractivity contribution in [2.24, 2.45) is 7.05 Å². The summed E-state index contributed by atoms with van der Waals surface area (Å²) >= 11 is 5.73. The van der Waals surface area contributed by atoms with Crippen molar-refractivity contribution in [3.63, 3.8) is 0 Å². The predicted molar refractivity (Wildman–Crippen MR) is 67.4 cm³/mol. The summed E-state index contributed by atoms with van der Waals surface area (Å²) in [6.45, 7) is 3.88. The highest BCUT2D eigenvalue weighted by molar-refractivity contribution is 6.31. The van der Waals surface area contributed by atoms with Gasteiger partial charge < -0.3 is 5.32 Å². The number of rotatable bonds is 2. The lowest BCUT2D eigenvalue weighted by Crippen LogP contribution is -1.95. The van der Waals surface area contributed by atoms with Crippen LogP contribution in [0.25, 0.3) is 0 Å². The van der Waals surface area contributed by atoms with Crippen molar-refractivity contribution in [1.29, 1.82) is 0 Å². The lowest BCUT2D eigenvalue weighted by molar-refractivity contribution is 0.628. The summed E-state index contributed by atoms with van der Waals surface area (Å²) in [6.07, 6.45) is 0. The van der Waals surface area contributed by atoms with Gasteiger partial charge >= 0.3 is 0 Å². The summed E-state index contributed by atoms with van der Waals surface area (Å²) in [6, 6.07) is 4.54. The van der Waals surface area contributed by atoms with Crippen LogP contribution < -0.4 is 5.32 Å². The first-order valence-corrected chi connectivity index (χ1v) is 5.59. The minimum absolute atomic E-state index is 0.106. The van der Waals surface area contributed by atoms with E-state index >= 15 is 0 Å². The van der Waals surface area contributed by atoms with Crippen molar-refractivity contribution < 1.29 is 4.39 Å². The fraction of sp³-hybridized carbons (Fsp3) is 0.250. The van der Waals surface area contributed by atoms with E-state index < -0.39 is 5.82 Å². The number of nitrogens with one attached hydrogen (secondary N) is 1. The quantitative estimate of drug-likeness (QED) is 0.887. The number of halogens is 2. The molecule has 0 radical (unpaired) electrons. The number of aromatic nitrogens is 2. The molecule has 1 N–H and O–H groups in total. The van der Waals surface area contributed by atoms with Crippen LogP contribution in [-0.2, 0) is 7.05 Å². The Bertz CT molecular complexity index is 563. The Morgan fingerprint density at radius 2 is 2.06 bits per heavy atom. The van der Waals surface area contributed by atoms with Gasteiger partial charge in [-0.15, -0.1) is 0 Å². The van der Waals surface area contributed by atoms with Gasteiger partial charge in [0.2, 0.25) is 0 Å². The lowest BCUT2D eigenvalue weighted by Gasteiger charge is -2.07. The molecule has 3 nitrogen and oxygen atoms in total. The van der Waals surface area contributed by atoms with Gasteiger partial charge in [0.15, 0.2) is 0 Å². The largest absolute Gasteiger partial charge is 0.352 e. The van der Waals surface area contributed by atoms with Gasteiger partial charge in [-0.3, -0.25) is 4.68 Å². The van der Waals surface area contributed by atoms with E-state index in [0.29, 0.717) is 0 Å².